The highest BCUT2D eigenvalue weighted by atomic mass is 16.3. The number of unbranched alkanes of at least 4 members (excludes halogenated alkanes) is 9. The molecule has 0 aliphatic carbocycles. The Labute approximate surface area is 303 Å². The number of hydrogen-bond acceptors (Lipinski definition) is 4. The van der Waals surface area contributed by atoms with Crippen molar-refractivity contribution in [2.45, 2.75) is 142 Å². The summed E-state index contributed by atoms with van der Waals surface area (Å²) in [6.45, 7) is 6.79. The van der Waals surface area contributed by atoms with E-state index < -0.39 is 0 Å². The van der Waals surface area contributed by atoms with E-state index in [2.05, 4.69) is 122 Å². The number of rotatable bonds is 33. The zero-order valence-corrected chi connectivity index (χ0v) is 31.7. The van der Waals surface area contributed by atoms with Gasteiger partial charge in [0.1, 0.15) is 0 Å². The van der Waals surface area contributed by atoms with Gasteiger partial charge < -0.3 is 20.8 Å². The molecular formula is C44H76N2O3. The summed E-state index contributed by atoms with van der Waals surface area (Å²) in [5.74, 6) is 0.0185. The highest BCUT2D eigenvalue weighted by Gasteiger charge is 1.97. The molecule has 0 heterocycles. The van der Waals surface area contributed by atoms with Gasteiger partial charge in [-0.3, -0.25) is 4.79 Å². The largest absolute Gasteiger partial charge is 0.395 e. The molecule has 0 bridgehead atoms. The number of amides is 1. The summed E-state index contributed by atoms with van der Waals surface area (Å²) < 4.78 is 0. The highest BCUT2D eigenvalue weighted by Crippen LogP contribution is 2.03. The summed E-state index contributed by atoms with van der Waals surface area (Å²) in [7, 11) is 0. The van der Waals surface area contributed by atoms with Gasteiger partial charge in [-0.2, -0.15) is 0 Å². The minimum absolute atomic E-state index is 0.00289. The SMILES string of the molecule is CCCCC/C=C\C/C=C\C/C=C\C/C=C\CCCC(=O)NCCO.CCCCC/C=C\C/C=C\C/C=C\C/C=C\CCCCNCCO. The number of carbonyl (C=O) groups is 1. The number of aliphatic hydroxyl groups is 2. The number of aliphatic hydroxyl groups excluding tert-OH is 2. The fraction of sp³-hybridized carbons (Fsp3) is 0.614. The fourth-order valence-electron chi connectivity index (χ4n) is 4.50. The van der Waals surface area contributed by atoms with Crippen LogP contribution in [0.2, 0.25) is 0 Å². The zero-order valence-electron chi connectivity index (χ0n) is 31.7. The Morgan fingerprint density at radius 1 is 0.429 bits per heavy atom. The highest BCUT2D eigenvalue weighted by molar-refractivity contribution is 5.75. The average Bonchev–Trinajstić information content (AvgIpc) is 3.11. The summed E-state index contributed by atoms with van der Waals surface area (Å²) >= 11 is 0. The first-order chi connectivity index (χ1) is 24.2. The van der Waals surface area contributed by atoms with Gasteiger partial charge in [-0.1, -0.05) is 137 Å². The standard InChI is InChI=1S/C22H37NO2.C22H39NO/c1-2-3-4-5-6-7-8-9-10-11-12-13-14-15-16-17-18-19-22(25)23-20-21-24;1-2-3-4-5-6-7-8-9-10-11-12-13-14-15-16-17-18-19-20-23-21-22-24/h6-7,9-10,12-13,15-16,24H,2-5,8,11,14,17-21H2,1H3,(H,23,25);6-7,9-10,12-13,15-16,23-24H,2-5,8,11,14,17-22H2,1H3/b2*7-6-,10-9-,13-12-,16-15-. The third-order valence-electron chi connectivity index (χ3n) is 7.39. The maximum absolute atomic E-state index is 11.3. The van der Waals surface area contributed by atoms with Crippen LogP contribution in [-0.2, 0) is 4.79 Å². The molecule has 0 aliphatic rings. The smallest absolute Gasteiger partial charge is 0.220 e. The van der Waals surface area contributed by atoms with Crippen molar-refractivity contribution in [2.75, 3.05) is 32.8 Å². The molecule has 0 saturated carbocycles. The summed E-state index contributed by atoms with van der Waals surface area (Å²) in [5.41, 5.74) is 0. The van der Waals surface area contributed by atoms with E-state index in [1.165, 1.54) is 64.2 Å². The molecule has 0 unspecified atom stereocenters. The molecule has 0 radical (unpaired) electrons. The summed E-state index contributed by atoms with van der Waals surface area (Å²) in [5, 5.41) is 23.1. The molecule has 4 N–H and O–H groups in total. The van der Waals surface area contributed by atoms with Gasteiger partial charge in [0.25, 0.3) is 0 Å². The van der Waals surface area contributed by atoms with E-state index in [0.717, 1.165) is 64.3 Å². The summed E-state index contributed by atoms with van der Waals surface area (Å²) in [6, 6.07) is 0. The molecule has 0 aromatic heterocycles. The van der Waals surface area contributed by atoms with Crippen LogP contribution in [0.15, 0.2) is 97.2 Å². The van der Waals surface area contributed by atoms with Crippen LogP contribution in [0.5, 0.6) is 0 Å². The number of allylic oxidation sites excluding steroid dienone is 16. The summed E-state index contributed by atoms with van der Waals surface area (Å²) in [6.07, 6.45) is 58.0. The van der Waals surface area contributed by atoms with Crippen LogP contribution < -0.4 is 10.6 Å². The molecule has 0 aliphatic heterocycles. The Morgan fingerprint density at radius 2 is 0.776 bits per heavy atom. The van der Waals surface area contributed by atoms with Crippen LogP contribution in [0, 0.1) is 0 Å². The quantitative estimate of drug-likeness (QED) is 0.0411. The van der Waals surface area contributed by atoms with Crippen molar-refractivity contribution in [3.8, 4) is 0 Å². The average molecular weight is 681 g/mol. The molecule has 0 atom stereocenters. The van der Waals surface area contributed by atoms with Crippen LogP contribution >= 0.6 is 0 Å². The lowest BCUT2D eigenvalue weighted by Crippen LogP contribution is -2.25. The first kappa shape index (κ1) is 48.4. The predicted octanol–water partition coefficient (Wildman–Crippen LogP) is 11.0. The first-order valence-corrected chi connectivity index (χ1v) is 19.6. The van der Waals surface area contributed by atoms with Crippen LogP contribution in [0.1, 0.15) is 142 Å². The molecule has 5 heteroatoms. The zero-order chi connectivity index (χ0) is 36.0. The van der Waals surface area contributed by atoms with Gasteiger partial charge in [-0.25, -0.2) is 0 Å². The van der Waals surface area contributed by atoms with Crippen LogP contribution in [0.4, 0.5) is 0 Å². The van der Waals surface area contributed by atoms with Crippen LogP contribution in [-0.4, -0.2) is 49.0 Å². The second-order valence-corrected chi connectivity index (χ2v) is 12.1. The van der Waals surface area contributed by atoms with Crippen molar-refractivity contribution in [3.05, 3.63) is 97.2 Å². The molecule has 0 aromatic rings. The van der Waals surface area contributed by atoms with Gasteiger partial charge in [0, 0.05) is 19.5 Å². The third-order valence-corrected chi connectivity index (χ3v) is 7.39. The molecule has 0 saturated heterocycles. The summed E-state index contributed by atoms with van der Waals surface area (Å²) in [4.78, 5) is 11.3. The predicted molar refractivity (Wildman–Crippen MR) is 217 cm³/mol. The second kappa shape index (κ2) is 47.4. The Bertz CT molecular complexity index is 896. The first-order valence-electron chi connectivity index (χ1n) is 19.6. The van der Waals surface area contributed by atoms with Gasteiger partial charge in [0.2, 0.25) is 5.91 Å². The van der Waals surface area contributed by atoms with Gasteiger partial charge in [0.05, 0.1) is 13.2 Å². The molecule has 0 rings (SSSR count). The monoisotopic (exact) mass is 681 g/mol. The number of carbonyl (C=O) groups excluding carboxylic acids is 1. The Balaban J connectivity index is 0. The van der Waals surface area contributed by atoms with Gasteiger partial charge >= 0.3 is 0 Å². The normalized spacial score (nSPS) is 12.4. The van der Waals surface area contributed by atoms with Crippen LogP contribution in [0.3, 0.4) is 0 Å². The lowest BCUT2D eigenvalue weighted by molar-refractivity contribution is -0.121. The Morgan fingerprint density at radius 3 is 1.14 bits per heavy atom. The molecule has 1 amide bonds. The number of nitrogens with one attached hydrogen (secondary N) is 2. The molecule has 0 aromatic carbocycles. The molecule has 49 heavy (non-hydrogen) atoms. The number of hydrogen-bond donors (Lipinski definition) is 4. The Hall–Kier alpha value is -2.73. The van der Waals surface area contributed by atoms with Crippen molar-refractivity contribution in [3.63, 3.8) is 0 Å². The lowest BCUT2D eigenvalue weighted by Gasteiger charge is -2.00. The molecule has 280 valence electrons. The van der Waals surface area contributed by atoms with Gasteiger partial charge in [-0.15, -0.1) is 0 Å². The van der Waals surface area contributed by atoms with Gasteiger partial charge in [0.15, 0.2) is 0 Å². The second-order valence-electron chi connectivity index (χ2n) is 12.1. The van der Waals surface area contributed by atoms with Crippen molar-refractivity contribution < 1.29 is 15.0 Å². The topological polar surface area (TPSA) is 81.6 Å². The van der Waals surface area contributed by atoms with Gasteiger partial charge in [-0.05, 0) is 103 Å². The van der Waals surface area contributed by atoms with Crippen molar-refractivity contribution >= 4 is 5.91 Å². The molecule has 0 fully saturated rings. The van der Waals surface area contributed by atoms with Crippen molar-refractivity contribution in [2.24, 2.45) is 0 Å². The van der Waals surface area contributed by atoms with E-state index in [1.54, 1.807) is 0 Å². The van der Waals surface area contributed by atoms with Crippen molar-refractivity contribution in [1.82, 2.24) is 10.6 Å². The molecule has 0 spiro atoms. The maximum atomic E-state index is 11.3. The van der Waals surface area contributed by atoms with E-state index >= 15 is 0 Å². The Kier molecular flexibility index (Phi) is 46.8. The van der Waals surface area contributed by atoms with E-state index in [9.17, 15) is 4.79 Å². The van der Waals surface area contributed by atoms with E-state index in [0.29, 0.717) is 19.5 Å². The molecule has 5 nitrogen and oxygen atoms in total. The van der Waals surface area contributed by atoms with Crippen LogP contribution in [0.25, 0.3) is 0 Å². The minimum atomic E-state index is 0.00289. The lowest BCUT2D eigenvalue weighted by atomic mass is 10.2. The van der Waals surface area contributed by atoms with E-state index in [1.807, 2.05) is 0 Å². The maximum Gasteiger partial charge on any atom is 0.220 e. The third kappa shape index (κ3) is 49.8. The van der Waals surface area contributed by atoms with E-state index in [4.69, 9.17) is 10.2 Å². The van der Waals surface area contributed by atoms with Crippen molar-refractivity contribution in [1.29, 1.82) is 0 Å². The fourth-order valence-corrected chi connectivity index (χ4v) is 4.50. The minimum Gasteiger partial charge on any atom is -0.395 e. The molecular weight excluding hydrogens is 604 g/mol. The van der Waals surface area contributed by atoms with E-state index in [-0.39, 0.29) is 19.1 Å².